The number of piperidine rings is 1. The fourth-order valence-corrected chi connectivity index (χ4v) is 2.33. The summed E-state index contributed by atoms with van der Waals surface area (Å²) < 4.78 is 0. The number of hydrogen-bond acceptors (Lipinski definition) is 4. The Morgan fingerprint density at radius 1 is 1.40 bits per heavy atom. The highest BCUT2D eigenvalue weighted by Crippen LogP contribution is 2.30. The molecule has 1 atom stereocenters. The molecule has 1 amide bonds. The number of likely N-dealkylation sites (tertiary alicyclic amines) is 1. The lowest BCUT2D eigenvalue weighted by Gasteiger charge is -2.37. The minimum Gasteiger partial charge on any atom is -0.481 e. The van der Waals surface area contributed by atoms with Crippen molar-refractivity contribution < 1.29 is 14.7 Å². The fraction of sp³-hybridized carbons (Fsp3) is 0.500. The van der Waals surface area contributed by atoms with Crippen molar-refractivity contribution in [2.24, 2.45) is 5.41 Å². The minimum absolute atomic E-state index is 0.0414. The van der Waals surface area contributed by atoms with E-state index in [1.54, 1.807) is 6.92 Å². The lowest BCUT2D eigenvalue weighted by atomic mass is 9.82. The Morgan fingerprint density at radius 2 is 2.10 bits per heavy atom. The van der Waals surface area contributed by atoms with Gasteiger partial charge in [-0.1, -0.05) is 0 Å². The summed E-state index contributed by atoms with van der Waals surface area (Å²) in [7, 11) is 0. The van der Waals surface area contributed by atoms with Gasteiger partial charge in [-0.05, 0) is 19.8 Å². The number of aromatic nitrogens is 2. The highest BCUT2D eigenvalue weighted by Gasteiger charge is 2.39. The molecule has 8 nitrogen and oxygen atoms in total. The predicted molar refractivity (Wildman–Crippen MR) is 68.6 cm³/mol. The molecule has 0 aliphatic carbocycles. The number of carbonyl (C=O) groups excluding carboxylic acids is 1. The summed E-state index contributed by atoms with van der Waals surface area (Å²) in [5, 5.41) is 9.21. The van der Waals surface area contributed by atoms with Crippen LogP contribution in [0.15, 0.2) is 15.8 Å². The van der Waals surface area contributed by atoms with Crippen molar-refractivity contribution >= 4 is 11.9 Å². The molecule has 2 rings (SSSR count). The molecule has 1 aliphatic heterocycles. The van der Waals surface area contributed by atoms with E-state index in [-0.39, 0.29) is 12.1 Å². The Bertz CT molecular complexity index is 662. The third kappa shape index (κ3) is 2.49. The monoisotopic (exact) mass is 281 g/mol. The van der Waals surface area contributed by atoms with Gasteiger partial charge in [-0.25, -0.2) is 4.79 Å². The van der Waals surface area contributed by atoms with E-state index >= 15 is 0 Å². The van der Waals surface area contributed by atoms with Crippen LogP contribution in [0.5, 0.6) is 0 Å². The number of aliphatic carboxylic acids is 1. The molecule has 8 heteroatoms. The lowest BCUT2D eigenvalue weighted by molar-refractivity contribution is -0.150. The first-order valence-corrected chi connectivity index (χ1v) is 6.18. The number of carbonyl (C=O) groups is 2. The number of nitrogens with one attached hydrogen (secondary N) is 2. The Hall–Kier alpha value is -2.38. The van der Waals surface area contributed by atoms with Gasteiger partial charge in [0.2, 0.25) is 0 Å². The first-order chi connectivity index (χ1) is 9.33. The Kier molecular flexibility index (Phi) is 3.47. The normalized spacial score (nSPS) is 22.6. The van der Waals surface area contributed by atoms with Crippen LogP contribution in [0.4, 0.5) is 0 Å². The molecular formula is C12H15N3O5. The maximum absolute atomic E-state index is 12.2. The second kappa shape index (κ2) is 4.95. The third-order valence-corrected chi connectivity index (χ3v) is 3.55. The Morgan fingerprint density at radius 3 is 2.70 bits per heavy atom. The van der Waals surface area contributed by atoms with Crippen LogP contribution >= 0.6 is 0 Å². The van der Waals surface area contributed by atoms with E-state index in [0.29, 0.717) is 19.4 Å². The molecule has 2 heterocycles. The van der Waals surface area contributed by atoms with Gasteiger partial charge in [0.25, 0.3) is 11.5 Å². The van der Waals surface area contributed by atoms with Crippen LogP contribution in [-0.2, 0) is 4.79 Å². The number of carboxylic acids is 1. The summed E-state index contributed by atoms with van der Waals surface area (Å²) >= 11 is 0. The molecule has 1 saturated heterocycles. The van der Waals surface area contributed by atoms with Crippen LogP contribution < -0.4 is 11.2 Å². The van der Waals surface area contributed by atoms with Crippen LogP contribution in [-0.4, -0.2) is 44.9 Å². The average Bonchev–Trinajstić information content (AvgIpc) is 2.38. The second-order valence-corrected chi connectivity index (χ2v) is 5.18. The zero-order valence-electron chi connectivity index (χ0n) is 10.9. The number of rotatable bonds is 2. The van der Waals surface area contributed by atoms with Crippen LogP contribution in [0.25, 0.3) is 0 Å². The molecule has 1 fully saturated rings. The van der Waals surface area contributed by atoms with Crippen LogP contribution in [0, 0.1) is 5.41 Å². The zero-order valence-corrected chi connectivity index (χ0v) is 10.9. The molecule has 1 aromatic heterocycles. The van der Waals surface area contributed by atoms with Gasteiger partial charge in [-0.3, -0.25) is 19.4 Å². The number of hydrogen-bond donors (Lipinski definition) is 3. The molecule has 0 spiro atoms. The van der Waals surface area contributed by atoms with Crippen LogP contribution in [0.1, 0.15) is 30.1 Å². The summed E-state index contributed by atoms with van der Waals surface area (Å²) in [6.07, 6.45) is 2.08. The second-order valence-electron chi connectivity index (χ2n) is 5.18. The van der Waals surface area contributed by atoms with Gasteiger partial charge in [0.05, 0.1) is 5.41 Å². The molecular weight excluding hydrogens is 266 g/mol. The van der Waals surface area contributed by atoms with Gasteiger partial charge in [-0.2, -0.15) is 0 Å². The van der Waals surface area contributed by atoms with Crippen molar-refractivity contribution in [1.82, 2.24) is 14.9 Å². The number of amides is 1. The molecule has 0 saturated carbocycles. The topological polar surface area (TPSA) is 123 Å². The first kappa shape index (κ1) is 14.0. The predicted octanol–water partition coefficient (Wildman–Crippen LogP) is -0.610. The van der Waals surface area contributed by atoms with Gasteiger partial charge in [0.15, 0.2) is 0 Å². The molecule has 1 unspecified atom stereocenters. The number of nitrogens with zero attached hydrogens (tertiary/aromatic N) is 1. The Balaban J connectivity index is 2.27. The number of H-pyrrole nitrogens is 2. The smallest absolute Gasteiger partial charge is 0.325 e. The molecule has 1 aromatic rings. The maximum Gasteiger partial charge on any atom is 0.325 e. The SMILES string of the molecule is CC1(C(=O)O)CCCN(C(=O)c2c[nH]c(=O)[nH]c2=O)C1. The van der Waals surface area contributed by atoms with Gasteiger partial charge < -0.3 is 15.0 Å². The van der Waals surface area contributed by atoms with E-state index < -0.39 is 28.5 Å². The van der Waals surface area contributed by atoms with Gasteiger partial charge in [-0.15, -0.1) is 0 Å². The van der Waals surface area contributed by atoms with Gasteiger partial charge >= 0.3 is 11.7 Å². The van der Waals surface area contributed by atoms with E-state index in [9.17, 15) is 24.3 Å². The average molecular weight is 281 g/mol. The van der Waals surface area contributed by atoms with Gasteiger partial charge in [0, 0.05) is 19.3 Å². The molecule has 0 aromatic carbocycles. The summed E-state index contributed by atoms with van der Waals surface area (Å²) in [5.74, 6) is -1.54. The third-order valence-electron chi connectivity index (χ3n) is 3.55. The minimum atomic E-state index is -1.01. The quantitative estimate of drug-likeness (QED) is 0.667. The van der Waals surface area contributed by atoms with Crippen LogP contribution in [0.3, 0.4) is 0 Å². The van der Waals surface area contributed by atoms with E-state index in [2.05, 4.69) is 4.98 Å². The molecule has 0 bridgehead atoms. The lowest BCUT2D eigenvalue weighted by Crippen LogP contribution is -2.49. The highest BCUT2D eigenvalue weighted by molar-refractivity contribution is 5.94. The van der Waals surface area contributed by atoms with E-state index in [1.165, 1.54) is 4.90 Å². The van der Waals surface area contributed by atoms with E-state index in [4.69, 9.17) is 0 Å². The van der Waals surface area contributed by atoms with Crippen LogP contribution in [0.2, 0.25) is 0 Å². The van der Waals surface area contributed by atoms with Crippen molar-refractivity contribution in [3.63, 3.8) is 0 Å². The van der Waals surface area contributed by atoms with Crippen molar-refractivity contribution in [2.45, 2.75) is 19.8 Å². The van der Waals surface area contributed by atoms with E-state index in [1.807, 2.05) is 4.98 Å². The Labute approximate surface area is 113 Å². The van der Waals surface area contributed by atoms with Crippen molar-refractivity contribution in [2.75, 3.05) is 13.1 Å². The van der Waals surface area contributed by atoms with Crippen molar-refractivity contribution in [1.29, 1.82) is 0 Å². The molecule has 0 radical (unpaired) electrons. The fourth-order valence-electron chi connectivity index (χ4n) is 2.33. The summed E-state index contributed by atoms with van der Waals surface area (Å²) in [4.78, 5) is 51.5. The largest absolute Gasteiger partial charge is 0.481 e. The van der Waals surface area contributed by atoms with Gasteiger partial charge in [0.1, 0.15) is 5.56 Å². The zero-order chi connectivity index (χ0) is 14.9. The maximum atomic E-state index is 12.2. The molecule has 1 aliphatic rings. The summed E-state index contributed by atoms with van der Waals surface area (Å²) in [5.41, 5.74) is -2.68. The summed E-state index contributed by atoms with van der Waals surface area (Å²) in [6, 6.07) is 0. The standard InChI is InChI=1S/C12H15N3O5/c1-12(10(18)19)3-2-4-15(6-12)9(17)7-5-13-11(20)14-8(7)16/h5H,2-4,6H2,1H3,(H,18,19)(H2,13,14,16,20). The number of aromatic amines is 2. The van der Waals surface area contributed by atoms with Crippen molar-refractivity contribution in [3.8, 4) is 0 Å². The molecule has 20 heavy (non-hydrogen) atoms. The van der Waals surface area contributed by atoms with Crippen molar-refractivity contribution in [3.05, 3.63) is 32.6 Å². The first-order valence-electron chi connectivity index (χ1n) is 6.18. The van der Waals surface area contributed by atoms with E-state index in [0.717, 1.165) is 6.20 Å². The summed E-state index contributed by atoms with van der Waals surface area (Å²) in [6.45, 7) is 2.01. The molecule has 108 valence electrons. The molecule has 3 N–H and O–H groups in total. The highest BCUT2D eigenvalue weighted by atomic mass is 16.4. The number of carboxylic acid groups (broad SMARTS) is 1.